The van der Waals surface area contributed by atoms with E-state index in [-0.39, 0.29) is 0 Å². The molecule has 0 atom stereocenters. The van der Waals surface area contributed by atoms with Crippen molar-refractivity contribution in [1.82, 2.24) is 14.6 Å². The number of aromatic nitrogens is 3. The van der Waals surface area contributed by atoms with Gasteiger partial charge in [0.1, 0.15) is 0 Å². The predicted molar refractivity (Wildman–Crippen MR) is 72.7 cm³/mol. The van der Waals surface area contributed by atoms with Gasteiger partial charge in [0.25, 0.3) is 0 Å². The quantitative estimate of drug-likeness (QED) is 0.833. The molecular weight excluding hydrogens is 226 g/mol. The number of nitrogen functional groups attached to an aromatic ring is 1. The highest BCUT2D eigenvalue weighted by Crippen LogP contribution is 2.26. The highest BCUT2D eigenvalue weighted by molar-refractivity contribution is 5.57. The molecule has 1 saturated heterocycles. The van der Waals surface area contributed by atoms with Crippen LogP contribution in [-0.2, 0) is 0 Å². The summed E-state index contributed by atoms with van der Waals surface area (Å²) in [6.45, 7) is 6.65. The molecule has 2 aromatic rings. The molecule has 0 radical (unpaired) electrons. The van der Waals surface area contributed by atoms with Crippen LogP contribution in [0, 0.1) is 12.8 Å². The average molecular weight is 245 g/mol. The number of hydrogen-bond acceptors (Lipinski definition) is 4. The maximum atomic E-state index is 5.65. The predicted octanol–water partition coefficient (Wildman–Crippen LogP) is 1.86. The fourth-order valence-electron chi connectivity index (χ4n) is 2.66. The molecule has 2 aromatic heterocycles. The first-order chi connectivity index (χ1) is 8.65. The van der Waals surface area contributed by atoms with Gasteiger partial charge in [0.05, 0.1) is 11.4 Å². The first-order valence-electron chi connectivity index (χ1n) is 6.52. The number of nitrogens with zero attached hydrogens (tertiary/aromatic N) is 4. The van der Waals surface area contributed by atoms with Crippen molar-refractivity contribution in [2.75, 3.05) is 23.7 Å². The molecule has 1 aliphatic rings. The molecule has 0 unspecified atom stereocenters. The molecule has 0 aliphatic carbocycles. The number of anilines is 2. The minimum atomic E-state index is 0.336. The zero-order valence-corrected chi connectivity index (χ0v) is 10.9. The zero-order valence-electron chi connectivity index (χ0n) is 10.9. The number of hydrogen-bond donors (Lipinski definition) is 1. The standard InChI is InChI=1S/C13H19N5/c1-9-5-7-17(8-6-9)11-3-4-12-15-13(14)16-18(12)10(11)2/h3-4,9H,5-8H2,1-2H3,(H2,14,16). The summed E-state index contributed by atoms with van der Waals surface area (Å²) in [6, 6.07) is 4.12. The molecule has 3 heterocycles. The van der Waals surface area contributed by atoms with Crippen molar-refractivity contribution in [1.29, 1.82) is 0 Å². The topological polar surface area (TPSA) is 59.5 Å². The lowest BCUT2D eigenvalue weighted by atomic mass is 9.99. The van der Waals surface area contributed by atoms with E-state index in [0.29, 0.717) is 5.95 Å². The number of pyridine rings is 1. The Morgan fingerprint density at radius 2 is 2.00 bits per heavy atom. The first-order valence-corrected chi connectivity index (χ1v) is 6.52. The second-order valence-electron chi connectivity index (χ2n) is 5.21. The molecule has 1 fully saturated rings. The summed E-state index contributed by atoms with van der Waals surface area (Å²) in [7, 11) is 0. The van der Waals surface area contributed by atoms with Crippen LogP contribution in [0.4, 0.5) is 11.6 Å². The van der Waals surface area contributed by atoms with Gasteiger partial charge in [-0.2, -0.15) is 4.98 Å². The Bertz CT molecular complexity index is 566. The Morgan fingerprint density at radius 3 is 2.72 bits per heavy atom. The molecule has 0 amide bonds. The maximum absolute atomic E-state index is 5.65. The third kappa shape index (κ3) is 1.79. The molecule has 3 rings (SSSR count). The minimum Gasteiger partial charge on any atom is -0.370 e. The van der Waals surface area contributed by atoms with Crippen molar-refractivity contribution in [2.45, 2.75) is 26.7 Å². The third-order valence-corrected chi connectivity index (χ3v) is 3.85. The Labute approximate surface area is 107 Å². The molecular formula is C13H19N5. The number of rotatable bonds is 1. The summed E-state index contributed by atoms with van der Waals surface area (Å²) in [5.74, 6) is 1.18. The molecule has 0 saturated carbocycles. The van der Waals surface area contributed by atoms with E-state index in [1.54, 1.807) is 0 Å². The van der Waals surface area contributed by atoms with Crippen LogP contribution < -0.4 is 10.6 Å². The van der Waals surface area contributed by atoms with Gasteiger partial charge in [0.15, 0.2) is 5.65 Å². The molecule has 2 N–H and O–H groups in total. The summed E-state index contributed by atoms with van der Waals surface area (Å²) >= 11 is 0. The van der Waals surface area contributed by atoms with Gasteiger partial charge in [-0.1, -0.05) is 6.92 Å². The van der Waals surface area contributed by atoms with Gasteiger partial charge < -0.3 is 10.6 Å². The molecule has 0 bridgehead atoms. The van der Waals surface area contributed by atoms with Crippen LogP contribution in [0.2, 0.25) is 0 Å². The van der Waals surface area contributed by atoms with Crippen LogP contribution in [0.25, 0.3) is 5.65 Å². The van der Waals surface area contributed by atoms with Crippen molar-refractivity contribution in [3.8, 4) is 0 Å². The van der Waals surface area contributed by atoms with Gasteiger partial charge in [-0.15, -0.1) is 5.10 Å². The van der Waals surface area contributed by atoms with Crippen molar-refractivity contribution in [3.05, 3.63) is 17.8 Å². The largest absolute Gasteiger partial charge is 0.370 e. The second kappa shape index (κ2) is 4.15. The highest BCUT2D eigenvalue weighted by atomic mass is 15.3. The SMILES string of the molecule is Cc1c(N2CCC(C)CC2)ccc2nc(N)nn12. The molecule has 0 spiro atoms. The van der Waals surface area contributed by atoms with E-state index in [2.05, 4.69) is 34.9 Å². The Morgan fingerprint density at radius 1 is 1.28 bits per heavy atom. The molecule has 5 nitrogen and oxygen atoms in total. The number of nitrogens with two attached hydrogens (primary N) is 1. The lowest BCUT2D eigenvalue weighted by Crippen LogP contribution is -2.33. The minimum absolute atomic E-state index is 0.336. The monoisotopic (exact) mass is 245 g/mol. The van der Waals surface area contributed by atoms with Gasteiger partial charge in [0, 0.05) is 13.1 Å². The van der Waals surface area contributed by atoms with Crippen LogP contribution in [0.3, 0.4) is 0 Å². The molecule has 18 heavy (non-hydrogen) atoms. The summed E-state index contributed by atoms with van der Waals surface area (Å²) in [5, 5.41) is 4.24. The van der Waals surface area contributed by atoms with Crippen molar-refractivity contribution >= 4 is 17.3 Å². The Kier molecular flexibility index (Phi) is 2.61. The van der Waals surface area contributed by atoms with Crippen molar-refractivity contribution in [2.24, 2.45) is 5.92 Å². The fourth-order valence-corrected chi connectivity index (χ4v) is 2.66. The van der Waals surface area contributed by atoms with E-state index in [1.165, 1.54) is 18.5 Å². The van der Waals surface area contributed by atoms with Crippen LogP contribution in [0.5, 0.6) is 0 Å². The Hall–Kier alpha value is -1.78. The van der Waals surface area contributed by atoms with E-state index in [1.807, 2.05) is 10.6 Å². The van der Waals surface area contributed by atoms with Crippen LogP contribution in [0.1, 0.15) is 25.5 Å². The third-order valence-electron chi connectivity index (χ3n) is 3.85. The fraction of sp³-hybridized carbons (Fsp3) is 0.538. The lowest BCUT2D eigenvalue weighted by Gasteiger charge is -2.33. The molecule has 5 heteroatoms. The second-order valence-corrected chi connectivity index (χ2v) is 5.21. The van der Waals surface area contributed by atoms with Crippen LogP contribution in [0.15, 0.2) is 12.1 Å². The van der Waals surface area contributed by atoms with Gasteiger partial charge in [0.2, 0.25) is 5.95 Å². The maximum Gasteiger partial charge on any atom is 0.240 e. The first kappa shape index (κ1) is 11.3. The van der Waals surface area contributed by atoms with Crippen LogP contribution >= 0.6 is 0 Å². The average Bonchev–Trinajstić information content (AvgIpc) is 2.73. The van der Waals surface area contributed by atoms with E-state index >= 15 is 0 Å². The molecule has 0 aromatic carbocycles. The van der Waals surface area contributed by atoms with Gasteiger partial charge in [-0.3, -0.25) is 0 Å². The van der Waals surface area contributed by atoms with E-state index in [9.17, 15) is 0 Å². The normalized spacial score (nSPS) is 17.6. The van der Waals surface area contributed by atoms with Gasteiger partial charge in [-0.05, 0) is 37.8 Å². The zero-order chi connectivity index (χ0) is 12.7. The summed E-state index contributed by atoms with van der Waals surface area (Å²) in [4.78, 5) is 6.62. The van der Waals surface area contributed by atoms with Gasteiger partial charge >= 0.3 is 0 Å². The number of piperidine rings is 1. The van der Waals surface area contributed by atoms with E-state index in [4.69, 9.17) is 5.73 Å². The lowest BCUT2D eigenvalue weighted by molar-refractivity contribution is 0.437. The summed E-state index contributed by atoms with van der Waals surface area (Å²) in [6.07, 6.45) is 2.52. The molecule has 96 valence electrons. The van der Waals surface area contributed by atoms with E-state index < -0.39 is 0 Å². The van der Waals surface area contributed by atoms with Crippen LogP contribution in [-0.4, -0.2) is 27.7 Å². The number of fused-ring (bicyclic) bond motifs is 1. The number of aryl methyl sites for hydroxylation is 1. The smallest absolute Gasteiger partial charge is 0.240 e. The van der Waals surface area contributed by atoms with Crippen molar-refractivity contribution < 1.29 is 0 Å². The van der Waals surface area contributed by atoms with Gasteiger partial charge in [-0.25, -0.2) is 4.52 Å². The Balaban J connectivity index is 1.99. The highest BCUT2D eigenvalue weighted by Gasteiger charge is 2.18. The molecule has 1 aliphatic heterocycles. The summed E-state index contributed by atoms with van der Waals surface area (Å²) < 4.78 is 1.84. The van der Waals surface area contributed by atoms with E-state index in [0.717, 1.165) is 30.3 Å². The summed E-state index contributed by atoms with van der Waals surface area (Å²) in [5.41, 5.74) is 8.83. The van der Waals surface area contributed by atoms with Crippen molar-refractivity contribution in [3.63, 3.8) is 0 Å².